The molecule has 8 heteroatoms. The molecule has 0 radical (unpaired) electrons. The summed E-state index contributed by atoms with van der Waals surface area (Å²) in [5, 5.41) is -0.0980. The smallest absolute Gasteiger partial charge is 0.310 e. The molecule has 2 nitrogen and oxygen atoms in total. The molecule has 0 bridgehead atoms. The fraction of sp³-hybridized carbons (Fsp3) is 0.429. The van der Waals surface area contributed by atoms with Crippen LogP contribution in [0.1, 0.15) is 16.6 Å². The van der Waals surface area contributed by atoms with Crippen molar-refractivity contribution in [2.45, 2.75) is 30.8 Å². The predicted molar refractivity (Wildman–Crippen MR) is 81.1 cm³/mol. The van der Waals surface area contributed by atoms with Crippen molar-refractivity contribution in [2.24, 2.45) is 0 Å². The van der Waals surface area contributed by atoms with Gasteiger partial charge in [0.25, 0.3) is 0 Å². The monoisotopic (exact) mass is 344 g/mol. The number of rotatable bonds is 4. The van der Waals surface area contributed by atoms with E-state index >= 15 is 0 Å². The van der Waals surface area contributed by atoms with E-state index in [0.717, 1.165) is 10.6 Å². The van der Waals surface area contributed by atoms with E-state index in [-0.39, 0.29) is 10.9 Å². The number of hydrogen-bond acceptors (Lipinski definition) is 1. The normalized spacial score (nSPS) is 18.8. The van der Waals surface area contributed by atoms with E-state index in [9.17, 15) is 19.4 Å². The lowest BCUT2D eigenvalue weighted by atomic mass is 10.0. The second-order valence-corrected chi connectivity index (χ2v) is 8.35. The molecule has 0 aliphatic carbocycles. The van der Waals surface area contributed by atoms with Crippen molar-refractivity contribution in [3.05, 3.63) is 30.5 Å². The van der Waals surface area contributed by atoms with E-state index in [1.54, 1.807) is 32.8 Å². The van der Waals surface area contributed by atoms with Crippen molar-refractivity contribution >= 4 is 21.1 Å². The zero-order chi connectivity index (χ0) is 18.8. The number of nitrogens with zero attached hydrogens (tertiary/aromatic N) is 2. The zero-order valence-corrected chi connectivity index (χ0v) is 13.4. The molecule has 0 saturated carbocycles. The zero-order valence-electron chi connectivity index (χ0n) is 14.6. The van der Waals surface area contributed by atoms with Crippen LogP contribution in [0.5, 0.6) is 0 Å². The maximum absolute atomic E-state index is 12.9. The van der Waals surface area contributed by atoms with Gasteiger partial charge in [-0.05, 0) is 52.2 Å². The molecule has 2 rings (SSSR count). The SMILES string of the molecule is [2H]C([2H])(n1ccc2cc(S(F)(F)(F)(F)F)ccc21)C(C)(C)N(C)C. The molecule has 1 heterocycles. The molecule has 0 amide bonds. The number of likely N-dealkylation sites (N-methyl/N-ethyl adjacent to an activating group) is 1. The predicted octanol–water partition coefficient (Wildman–Crippen LogP) is 5.64. The van der Waals surface area contributed by atoms with Gasteiger partial charge in [-0.1, -0.05) is 19.4 Å². The Morgan fingerprint density at radius 3 is 2.23 bits per heavy atom. The van der Waals surface area contributed by atoms with Gasteiger partial charge in [0.2, 0.25) is 0 Å². The van der Waals surface area contributed by atoms with E-state index in [1.165, 1.54) is 12.3 Å². The largest absolute Gasteiger partial charge is 0.346 e. The molecule has 0 fully saturated rings. The van der Waals surface area contributed by atoms with Crippen LogP contribution in [0.2, 0.25) is 0 Å². The molecular weight excluding hydrogens is 323 g/mol. The van der Waals surface area contributed by atoms with Crippen molar-refractivity contribution < 1.29 is 22.2 Å². The van der Waals surface area contributed by atoms with Crippen LogP contribution in [-0.4, -0.2) is 29.1 Å². The first-order valence-electron chi connectivity index (χ1n) is 7.41. The fourth-order valence-corrected chi connectivity index (χ4v) is 2.53. The summed E-state index contributed by atoms with van der Waals surface area (Å²) in [6.45, 7) is 1.29. The highest BCUT2D eigenvalue weighted by molar-refractivity contribution is 8.45. The summed E-state index contributed by atoms with van der Waals surface area (Å²) in [6, 6.07) is 2.75. The van der Waals surface area contributed by atoms with Crippen molar-refractivity contribution in [2.75, 3.05) is 14.1 Å². The lowest BCUT2D eigenvalue weighted by molar-refractivity contribution is 0.171. The number of aromatic nitrogens is 1. The van der Waals surface area contributed by atoms with Crippen molar-refractivity contribution in [3.8, 4) is 0 Å². The van der Waals surface area contributed by atoms with Crippen LogP contribution in [0.3, 0.4) is 0 Å². The number of hydrogen-bond donors (Lipinski definition) is 0. The lowest BCUT2D eigenvalue weighted by Gasteiger charge is -2.40. The molecule has 2 aromatic rings. The average Bonchev–Trinajstić information content (AvgIpc) is 2.78. The van der Waals surface area contributed by atoms with Crippen LogP contribution >= 0.6 is 10.2 Å². The van der Waals surface area contributed by atoms with E-state index in [1.807, 2.05) is 0 Å². The Labute approximate surface area is 129 Å². The Kier molecular flexibility index (Phi) is 2.71. The molecule has 0 aliphatic rings. The second kappa shape index (κ2) is 4.17. The van der Waals surface area contributed by atoms with Gasteiger partial charge in [-0.25, -0.2) is 0 Å². The first-order valence-corrected chi connectivity index (χ1v) is 8.36. The van der Waals surface area contributed by atoms with Crippen LogP contribution < -0.4 is 0 Å². The van der Waals surface area contributed by atoms with Crippen molar-refractivity contribution in [1.29, 1.82) is 0 Å². The first kappa shape index (κ1) is 14.3. The Morgan fingerprint density at radius 2 is 1.73 bits per heavy atom. The first-order chi connectivity index (χ1) is 10.4. The summed E-state index contributed by atoms with van der Waals surface area (Å²) < 4.78 is 82.5. The molecule has 1 aromatic heterocycles. The van der Waals surface area contributed by atoms with Gasteiger partial charge in [0.1, 0.15) is 4.90 Å². The maximum Gasteiger partial charge on any atom is 0.310 e. The van der Waals surface area contributed by atoms with Crippen molar-refractivity contribution in [3.63, 3.8) is 0 Å². The highest BCUT2D eigenvalue weighted by atomic mass is 32.5. The van der Waals surface area contributed by atoms with Gasteiger partial charge < -0.3 is 9.47 Å². The van der Waals surface area contributed by atoms with E-state index in [4.69, 9.17) is 2.74 Å². The van der Waals surface area contributed by atoms with Gasteiger partial charge in [-0.15, -0.1) is 0 Å². The van der Waals surface area contributed by atoms with Crippen LogP contribution in [0.25, 0.3) is 10.9 Å². The highest BCUT2D eigenvalue weighted by Gasteiger charge is 2.65. The standard InChI is InChI=1S/C14H19F5N2S/c1-14(2,20(3)4)10-21-8-7-11-9-12(5-6-13(11)21)22(15,16,17,18)19/h5-9H,10H2,1-4H3/i10D2. The third-order valence-corrected chi connectivity index (χ3v) is 4.76. The van der Waals surface area contributed by atoms with E-state index in [0.29, 0.717) is 12.1 Å². The quantitative estimate of drug-likeness (QED) is 0.652. The minimum absolute atomic E-state index is 0.0980. The van der Waals surface area contributed by atoms with Crippen LogP contribution in [0, 0.1) is 0 Å². The molecular formula is C14H19F5N2S. The minimum atomic E-state index is -9.76. The summed E-state index contributed by atoms with van der Waals surface area (Å²) in [5.41, 5.74) is -0.891. The summed E-state index contributed by atoms with van der Waals surface area (Å²) in [7, 11) is -6.41. The molecule has 0 aliphatic heterocycles. The Balaban J connectivity index is 2.67. The van der Waals surface area contributed by atoms with E-state index < -0.39 is 27.2 Å². The van der Waals surface area contributed by atoms with Crippen molar-refractivity contribution in [1.82, 2.24) is 9.47 Å². The lowest BCUT2D eigenvalue weighted by Crippen LogP contribution is -2.41. The minimum Gasteiger partial charge on any atom is -0.346 e. The van der Waals surface area contributed by atoms with Gasteiger partial charge >= 0.3 is 10.2 Å². The van der Waals surface area contributed by atoms with Crippen LogP contribution in [-0.2, 0) is 6.50 Å². The van der Waals surface area contributed by atoms with Gasteiger partial charge in [-0.2, -0.15) is 0 Å². The molecule has 0 unspecified atom stereocenters. The average molecular weight is 344 g/mol. The molecule has 0 spiro atoms. The Hall–Kier alpha value is -1.28. The molecule has 0 N–H and O–H groups in total. The molecule has 1 aromatic carbocycles. The Morgan fingerprint density at radius 1 is 1.14 bits per heavy atom. The molecule has 22 heavy (non-hydrogen) atoms. The summed E-state index contributed by atoms with van der Waals surface area (Å²) in [5.74, 6) is 0. The summed E-state index contributed by atoms with van der Waals surface area (Å²) in [4.78, 5) is -0.338. The molecule has 0 saturated heterocycles. The van der Waals surface area contributed by atoms with Gasteiger partial charge in [-0.3, -0.25) is 0 Å². The van der Waals surface area contributed by atoms with E-state index in [2.05, 4.69) is 0 Å². The third-order valence-electron chi connectivity index (χ3n) is 3.62. The van der Waals surface area contributed by atoms with Gasteiger partial charge in [0, 0.05) is 29.1 Å². The number of benzene rings is 1. The van der Waals surface area contributed by atoms with Crippen LogP contribution in [0.15, 0.2) is 35.4 Å². The maximum atomic E-state index is 12.9. The van der Waals surface area contributed by atoms with Gasteiger partial charge in [0.05, 0.1) is 2.74 Å². The summed E-state index contributed by atoms with van der Waals surface area (Å²) >= 11 is 0. The Bertz CT molecular complexity index is 797. The summed E-state index contributed by atoms with van der Waals surface area (Å²) in [6.07, 6.45) is 1.27. The molecule has 0 atom stereocenters. The number of fused-ring (bicyclic) bond motifs is 1. The molecule has 126 valence electrons. The van der Waals surface area contributed by atoms with Crippen LogP contribution in [0.4, 0.5) is 19.4 Å². The topological polar surface area (TPSA) is 8.17 Å². The second-order valence-electron chi connectivity index (χ2n) is 5.94. The number of halogens is 5. The van der Waals surface area contributed by atoms with Gasteiger partial charge in [0.15, 0.2) is 0 Å². The fourth-order valence-electron chi connectivity index (χ4n) is 1.85. The third kappa shape index (κ3) is 3.38. The highest BCUT2D eigenvalue weighted by Crippen LogP contribution is 3.02.